The summed E-state index contributed by atoms with van der Waals surface area (Å²) in [7, 11) is 1.82. The largest absolute Gasteiger partial charge is 0.493 e. The van der Waals surface area contributed by atoms with Gasteiger partial charge in [-0.1, -0.05) is 0 Å². The molecule has 0 bridgehead atoms. The average Bonchev–Trinajstić information content (AvgIpc) is 3.36. The van der Waals surface area contributed by atoms with E-state index in [2.05, 4.69) is 15.3 Å². The Hall–Kier alpha value is -3.27. The van der Waals surface area contributed by atoms with Crippen LogP contribution in [0.25, 0.3) is 0 Å². The quantitative estimate of drug-likeness (QED) is 0.649. The molecule has 3 aromatic rings. The molecule has 10 heteroatoms. The van der Waals surface area contributed by atoms with E-state index in [1.807, 2.05) is 20.0 Å². The van der Waals surface area contributed by atoms with Crippen LogP contribution in [0.5, 0.6) is 5.75 Å². The van der Waals surface area contributed by atoms with Crippen LogP contribution in [-0.2, 0) is 18.2 Å². The topological polar surface area (TPSA) is 85.3 Å². The first-order valence-electron chi connectivity index (χ1n) is 9.94. The first kappa shape index (κ1) is 21.0. The smallest absolute Gasteiger partial charge is 0.257 e. The molecule has 1 aliphatic heterocycles. The molecule has 1 aliphatic rings. The van der Waals surface area contributed by atoms with Crippen molar-refractivity contribution in [1.29, 1.82) is 0 Å². The van der Waals surface area contributed by atoms with Crippen molar-refractivity contribution < 1.29 is 23.0 Å². The van der Waals surface area contributed by atoms with Crippen molar-refractivity contribution in [3.05, 3.63) is 64.7 Å². The maximum Gasteiger partial charge on any atom is 0.257 e. The Bertz CT molecular complexity index is 1080. The highest BCUT2D eigenvalue weighted by molar-refractivity contribution is 5.95. The number of rotatable bonds is 6. The number of nitrogens with one attached hydrogen (secondary N) is 1. The van der Waals surface area contributed by atoms with Crippen molar-refractivity contribution in [2.75, 3.05) is 26.3 Å². The molecule has 0 saturated carbocycles. The number of aromatic nitrogens is 4. The summed E-state index contributed by atoms with van der Waals surface area (Å²) in [5.74, 6) is -1.68. The lowest BCUT2D eigenvalue weighted by Gasteiger charge is -2.32. The van der Waals surface area contributed by atoms with E-state index in [-0.39, 0.29) is 24.4 Å². The number of hydrogen-bond acceptors (Lipinski definition) is 5. The lowest BCUT2D eigenvalue weighted by atomic mass is 10.1. The molecule has 0 radical (unpaired) electrons. The number of nitrogens with zero attached hydrogens (tertiary/aromatic N) is 4. The zero-order chi connectivity index (χ0) is 22.0. The molecule has 1 saturated heterocycles. The van der Waals surface area contributed by atoms with Crippen LogP contribution >= 0.6 is 0 Å². The fourth-order valence-electron chi connectivity index (χ4n) is 3.51. The summed E-state index contributed by atoms with van der Waals surface area (Å²) < 4.78 is 39.4. The number of H-pyrrole nitrogens is 1. The van der Waals surface area contributed by atoms with E-state index in [1.54, 1.807) is 9.58 Å². The molecule has 1 amide bonds. The zero-order valence-electron chi connectivity index (χ0n) is 17.3. The number of amides is 1. The van der Waals surface area contributed by atoms with E-state index < -0.39 is 11.6 Å². The normalized spacial score (nSPS) is 16.5. The predicted molar refractivity (Wildman–Crippen MR) is 107 cm³/mol. The van der Waals surface area contributed by atoms with Gasteiger partial charge in [-0.2, -0.15) is 10.2 Å². The Labute approximate surface area is 177 Å². The minimum absolute atomic E-state index is 0.0874. The van der Waals surface area contributed by atoms with Crippen LogP contribution in [0.4, 0.5) is 8.78 Å². The Morgan fingerprint density at radius 3 is 2.90 bits per heavy atom. The minimum Gasteiger partial charge on any atom is -0.493 e. The summed E-state index contributed by atoms with van der Waals surface area (Å²) in [6.07, 6.45) is 1.72. The first-order valence-corrected chi connectivity index (χ1v) is 9.94. The Morgan fingerprint density at radius 1 is 1.32 bits per heavy atom. The van der Waals surface area contributed by atoms with Crippen molar-refractivity contribution in [3.8, 4) is 5.75 Å². The fourth-order valence-corrected chi connectivity index (χ4v) is 3.51. The second kappa shape index (κ2) is 8.84. The second-order valence-corrected chi connectivity index (χ2v) is 7.38. The van der Waals surface area contributed by atoms with Gasteiger partial charge in [0, 0.05) is 37.5 Å². The summed E-state index contributed by atoms with van der Waals surface area (Å²) in [5.41, 5.74) is 2.91. The molecule has 2 aromatic heterocycles. The van der Waals surface area contributed by atoms with Gasteiger partial charge in [0.1, 0.15) is 11.9 Å². The second-order valence-electron chi connectivity index (χ2n) is 7.38. The standard InChI is InChI=1S/C21H23F2N5O3/c1-13-16(11-24-25-13)21(29)28-6-8-31-20(12-28)19-9-14(27(2)26-19)5-7-30-15-3-4-17(22)18(23)10-15/h3-4,9-11,20H,5-8,12H2,1-2H3,(H,24,25). The predicted octanol–water partition coefficient (Wildman–Crippen LogP) is 2.57. The highest BCUT2D eigenvalue weighted by atomic mass is 19.2. The third-order valence-electron chi connectivity index (χ3n) is 5.26. The SMILES string of the molecule is Cc1[nH]ncc1C(=O)N1CCOC(c2cc(CCOc3ccc(F)c(F)c3)n(C)n2)C1. The van der Waals surface area contributed by atoms with Gasteiger partial charge in [-0.25, -0.2) is 8.78 Å². The van der Waals surface area contributed by atoms with Gasteiger partial charge >= 0.3 is 0 Å². The summed E-state index contributed by atoms with van der Waals surface area (Å²) >= 11 is 0. The molecule has 1 aromatic carbocycles. The van der Waals surface area contributed by atoms with Gasteiger partial charge in [-0.15, -0.1) is 0 Å². The molecule has 1 N–H and O–H groups in total. The number of aryl methyl sites for hydroxylation is 2. The molecule has 1 unspecified atom stereocenters. The molecule has 0 spiro atoms. The number of hydrogen-bond donors (Lipinski definition) is 1. The lowest BCUT2D eigenvalue weighted by Crippen LogP contribution is -2.42. The van der Waals surface area contributed by atoms with E-state index in [0.29, 0.717) is 31.7 Å². The highest BCUT2D eigenvalue weighted by Gasteiger charge is 2.29. The fraction of sp³-hybridized carbons (Fsp3) is 0.381. The van der Waals surface area contributed by atoms with E-state index in [4.69, 9.17) is 9.47 Å². The number of ether oxygens (including phenoxy) is 2. The molecule has 3 heterocycles. The van der Waals surface area contributed by atoms with Crippen LogP contribution in [-0.4, -0.2) is 57.1 Å². The van der Waals surface area contributed by atoms with Crippen LogP contribution in [0, 0.1) is 18.6 Å². The molecule has 4 rings (SSSR count). The molecule has 1 atom stereocenters. The van der Waals surface area contributed by atoms with Crippen LogP contribution in [0.15, 0.2) is 30.5 Å². The van der Waals surface area contributed by atoms with Gasteiger partial charge < -0.3 is 14.4 Å². The maximum atomic E-state index is 13.3. The Balaban J connectivity index is 1.38. The van der Waals surface area contributed by atoms with Crippen LogP contribution in [0.1, 0.15) is 33.5 Å². The van der Waals surface area contributed by atoms with Crippen molar-refractivity contribution in [2.45, 2.75) is 19.4 Å². The molecule has 164 valence electrons. The van der Waals surface area contributed by atoms with Gasteiger partial charge in [-0.05, 0) is 25.1 Å². The number of aromatic amines is 1. The van der Waals surface area contributed by atoms with Crippen molar-refractivity contribution >= 4 is 5.91 Å². The zero-order valence-corrected chi connectivity index (χ0v) is 17.3. The molecule has 0 aliphatic carbocycles. The van der Waals surface area contributed by atoms with E-state index in [0.717, 1.165) is 29.2 Å². The van der Waals surface area contributed by atoms with E-state index in [1.165, 1.54) is 12.3 Å². The van der Waals surface area contributed by atoms with Crippen LogP contribution in [0.2, 0.25) is 0 Å². The number of benzene rings is 1. The lowest BCUT2D eigenvalue weighted by molar-refractivity contribution is -0.0249. The van der Waals surface area contributed by atoms with E-state index >= 15 is 0 Å². The van der Waals surface area contributed by atoms with Crippen molar-refractivity contribution in [1.82, 2.24) is 24.9 Å². The molecule has 8 nitrogen and oxygen atoms in total. The Morgan fingerprint density at radius 2 is 2.16 bits per heavy atom. The van der Waals surface area contributed by atoms with Gasteiger partial charge in [0.05, 0.1) is 37.2 Å². The first-order chi connectivity index (χ1) is 14.9. The minimum atomic E-state index is -0.945. The number of halogens is 2. The molecular formula is C21H23F2N5O3. The van der Waals surface area contributed by atoms with Gasteiger partial charge in [-0.3, -0.25) is 14.6 Å². The third-order valence-corrected chi connectivity index (χ3v) is 5.26. The van der Waals surface area contributed by atoms with Crippen molar-refractivity contribution in [2.24, 2.45) is 7.05 Å². The molecular weight excluding hydrogens is 408 g/mol. The Kier molecular flexibility index (Phi) is 5.99. The number of carbonyl (C=O) groups excluding carboxylic acids is 1. The molecule has 1 fully saturated rings. The van der Waals surface area contributed by atoms with Crippen molar-refractivity contribution in [3.63, 3.8) is 0 Å². The third kappa shape index (κ3) is 4.58. The van der Waals surface area contributed by atoms with E-state index in [9.17, 15) is 13.6 Å². The monoisotopic (exact) mass is 431 g/mol. The number of carbonyl (C=O) groups is 1. The highest BCUT2D eigenvalue weighted by Crippen LogP contribution is 2.24. The summed E-state index contributed by atoms with van der Waals surface area (Å²) in [5, 5.41) is 11.2. The summed E-state index contributed by atoms with van der Waals surface area (Å²) in [4.78, 5) is 14.5. The summed E-state index contributed by atoms with van der Waals surface area (Å²) in [6, 6.07) is 5.35. The van der Waals surface area contributed by atoms with Gasteiger partial charge in [0.25, 0.3) is 5.91 Å². The molecule has 31 heavy (non-hydrogen) atoms. The number of morpholine rings is 1. The van der Waals surface area contributed by atoms with Gasteiger partial charge in [0.2, 0.25) is 0 Å². The average molecular weight is 431 g/mol. The van der Waals surface area contributed by atoms with Crippen LogP contribution < -0.4 is 4.74 Å². The van der Waals surface area contributed by atoms with Gasteiger partial charge in [0.15, 0.2) is 11.6 Å². The summed E-state index contributed by atoms with van der Waals surface area (Å²) in [6.45, 7) is 3.40. The van der Waals surface area contributed by atoms with Crippen LogP contribution in [0.3, 0.4) is 0 Å². The maximum absolute atomic E-state index is 13.3.